The number of hydrogen-bond acceptors (Lipinski definition) is 10. The van der Waals surface area contributed by atoms with Crippen LogP contribution in [0.5, 0.6) is 0 Å². The number of aliphatic hydroxyl groups is 1. The smallest absolute Gasteiger partial charge is 0.303 e. The van der Waals surface area contributed by atoms with Crippen LogP contribution in [-0.2, 0) is 49.9 Å². The van der Waals surface area contributed by atoms with Gasteiger partial charge in [0.15, 0.2) is 0 Å². The van der Waals surface area contributed by atoms with Crippen molar-refractivity contribution < 1.29 is 46.9 Å². The number of amides is 2. The van der Waals surface area contributed by atoms with E-state index in [1.165, 1.54) is 31.2 Å². The highest BCUT2D eigenvalue weighted by molar-refractivity contribution is 7.89. The molecule has 0 unspecified atom stereocenters. The molecule has 3 heterocycles. The summed E-state index contributed by atoms with van der Waals surface area (Å²) < 4.78 is 46.3. The van der Waals surface area contributed by atoms with Gasteiger partial charge >= 0.3 is 5.97 Å². The SMILES string of the molecule is CC(=O)O[C@@H](C)/C=C\C(=O)N[C@@H]1C[C@H](C)[C@H](C/C=C(C)/C=C/[C@H]2O[C@H](CC(=O)N(C)Cc3ccc(S(N)(=O)=O)cc3)C[C@@]3(CO3)[C@@H]2O)O[C@@H]1C. The predicted molar refractivity (Wildman–Crippen MR) is 185 cm³/mol. The summed E-state index contributed by atoms with van der Waals surface area (Å²) in [4.78, 5) is 38.2. The third-order valence-electron chi connectivity index (χ3n) is 9.42. The molecule has 1 spiro atoms. The van der Waals surface area contributed by atoms with E-state index in [0.29, 0.717) is 19.4 Å². The van der Waals surface area contributed by atoms with Gasteiger partial charge in [-0.2, -0.15) is 0 Å². The molecule has 4 rings (SSSR count). The maximum atomic E-state index is 13.1. The van der Waals surface area contributed by atoms with E-state index in [1.807, 2.05) is 26.0 Å². The Hall–Kier alpha value is -3.40. The lowest BCUT2D eigenvalue weighted by molar-refractivity contribution is -0.150. The Morgan fingerprint density at radius 3 is 2.46 bits per heavy atom. The highest BCUT2D eigenvalue weighted by Gasteiger charge is 2.58. The maximum Gasteiger partial charge on any atom is 0.303 e. The normalized spacial score (nSPS) is 30.7. The van der Waals surface area contributed by atoms with Crippen LogP contribution in [0.4, 0.5) is 0 Å². The van der Waals surface area contributed by atoms with E-state index >= 15 is 0 Å². The number of hydrogen-bond donors (Lipinski definition) is 3. The van der Waals surface area contributed by atoms with Crippen LogP contribution in [-0.4, -0.2) is 98.1 Å². The van der Waals surface area contributed by atoms with Crippen LogP contribution in [0.15, 0.2) is 65.1 Å². The number of esters is 1. The first-order chi connectivity index (χ1) is 23.5. The maximum absolute atomic E-state index is 13.1. The van der Waals surface area contributed by atoms with Gasteiger partial charge in [0.05, 0.1) is 42.3 Å². The third kappa shape index (κ3) is 11.0. The number of rotatable bonds is 13. The monoisotopic (exact) mass is 717 g/mol. The molecule has 3 fully saturated rings. The molecule has 0 saturated carbocycles. The molecule has 1 aromatic carbocycles. The fourth-order valence-electron chi connectivity index (χ4n) is 6.38. The zero-order valence-electron chi connectivity index (χ0n) is 29.6. The van der Waals surface area contributed by atoms with Crippen LogP contribution in [0.25, 0.3) is 0 Å². The van der Waals surface area contributed by atoms with E-state index in [4.69, 9.17) is 24.1 Å². The molecule has 14 heteroatoms. The van der Waals surface area contributed by atoms with Gasteiger partial charge in [0.1, 0.15) is 23.9 Å². The minimum atomic E-state index is -3.80. The minimum Gasteiger partial charge on any atom is -0.459 e. The quantitative estimate of drug-likeness (QED) is 0.119. The zero-order valence-corrected chi connectivity index (χ0v) is 30.4. The molecular formula is C36H51N3O10S. The Balaban J connectivity index is 1.27. The fourth-order valence-corrected chi connectivity index (χ4v) is 6.90. The van der Waals surface area contributed by atoms with Crippen molar-refractivity contribution in [3.8, 4) is 0 Å². The Morgan fingerprint density at radius 1 is 1.16 bits per heavy atom. The van der Waals surface area contributed by atoms with Crippen LogP contribution in [0.2, 0.25) is 0 Å². The number of nitrogens with one attached hydrogen (secondary N) is 1. The van der Waals surface area contributed by atoms with Crippen molar-refractivity contribution >= 4 is 27.8 Å². The first kappa shape index (κ1) is 39.4. The van der Waals surface area contributed by atoms with Crippen molar-refractivity contribution in [2.24, 2.45) is 11.1 Å². The fraction of sp³-hybridized carbons (Fsp3) is 0.583. The summed E-state index contributed by atoms with van der Waals surface area (Å²) in [6, 6.07) is 5.91. The summed E-state index contributed by atoms with van der Waals surface area (Å²) in [7, 11) is -2.13. The highest BCUT2D eigenvalue weighted by atomic mass is 32.2. The average molecular weight is 718 g/mol. The van der Waals surface area contributed by atoms with Crippen LogP contribution in [0.3, 0.4) is 0 Å². The molecule has 0 radical (unpaired) electrons. The number of carbonyl (C=O) groups is 3. The van der Waals surface area contributed by atoms with E-state index in [-0.39, 0.29) is 53.8 Å². The van der Waals surface area contributed by atoms with Crippen molar-refractivity contribution in [2.45, 2.75) is 120 Å². The second-order valence-electron chi connectivity index (χ2n) is 13.8. The average Bonchev–Trinajstić information content (AvgIpc) is 3.81. The first-order valence-corrected chi connectivity index (χ1v) is 18.5. The highest BCUT2D eigenvalue weighted by Crippen LogP contribution is 2.43. The van der Waals surface area contributed by atoms with Gasteiger partial charge in [-0.3, -0.25) is 14.4 Å². The number of ether oxygens (including phenoxy) is 4. The lowest BCUT2D eigenvalue weighted by Gasteiger charge is -2.39. The molecule has 2 amide bonds. The van der Waals surface area contributed by atoms with E-state index in [2.05, 4.69) is 18.3 Å². The summed E-state index contributed by atoms with van der Waals surface area (Å²) in [5.41, 5.74) is 0.981. The molecule has 9 atom stereocenters. The molecule has 0 aliphatic carbocycles. The standard InChI is InChI=1S/C36H51N3O10S/c1-22(7-14-31-23(2)17-30(25(4)48-31)38-33(41)16-9-24(3)47-26(5)40)8-15-32-35(43)36(21-46-36)19-28(49-32)18-34(42)39(6)20-27-10-12-29(13-11-27)50(37,44)45/h7-13,15-16,23-25,28,30-32,35,43H,14,17-21H2,1-6H3,(H,38,41)(H2,37,44,45)/b15-8+,16-9-,22-7+/t23-,24-,25+,28+,30+,31-,32+,35+,36+/m0/s1. The zero-order chi connectivity index (χ0) is 36.8. The molecule has 4 N–H and O–H groups in total. The lowest BCUT2D eigenvalue weighted by atomic mass is 9.87. The predicted octanol–water partition coefficient (Wildman–Crippen LogP) is 2.67. The van der Waals surface area contributed by atoms with Gasteiger partial charge in [-0.25, -0.2) is 13.6 Å². The number of primary sulfonamides is 1. The number of allylic oxidation sites excluding steroid dienone is 2. The number of nitrogens with two attached hydrogens (primary N) is 1. The van der Waals surface area contributed by atoms with Gasteiger partial charge in [-0.15, -0.1) is 0 Å². The lowest BCUT2D eigenvalue weighted by Crippen LogP contribution is -2.51. The molecule has 3 aliphatic rings. The topological polar surface area (TPSA) is 187 Å². The van der Waals surface area contributed by atoms with Crippen molar-refractivity contribution in [3.05, 3.63) is 65.8 Å². The Morgan fingerprint density at radius 2 is 1.84 bits per heavy atom. The summed E-state index contributed by atoms with van der Waals surface area (Å²) in [5.74, 6) is -0.649. The number of epoxide rings is 1. The second kappa shape index (κ2) is 16.7. The molecule has 3 aliphatic heterocycles. The van der Waals surface area contributed by atoms with Gasteiger partial charge < -0.3 is 34.3 Å². The Kier molecular flexibility index (Phi) is 13.2. The van der Waals surface area contributed by atoms with Crippen molar-refractivity contribution in [2.75, 3.05) is 13.7 Å². The molecule has 50 heavy (non-hydrogen) atoms. The van der Waals surface area contributed by atoms with Gasteiger partial charge in [0.25, 0.3) is 0 Å². The Labute approximate surface area is 294 Å². The third-order valence-corrected chi connectivity index (χ3v) is 10.4. The molecule has 1 aromatic rings. The number of carbonyl (C=O) groups excluding carboxylic acids is 3. The number of sulfonamides is 1. The largest absolute Gasteiger partial charge is 0.459 e. The molecule has 276 valence electrons. The molecule has 3 saturated heterocycles. The van der Waals surface area contributed by atoms with Crippen LogP contribution < -0.4 is 10.5 Å². The Bertz CT molecular complexity index is 1570. The van der Waals surface area contributed by atoms with E-state index in [1.54, 1.807) is 31.0 Å². The minimum absolute atomic E-state index is 0.00491. The van der Waals surface area contributed by atoms with Crippen molar-refractivity contribution in [1.82, 2.24) is 10.2 Å². The summed E-state index contributed by atoms with van der Waals surface area (Å²) in [5, 5.41) is 19.2. The van der Waals surface area contributed by atoms with E-state index in [9.17, 15) is 27.9 Å². The van der Waals surface area contributed by atoms with Gasteiger partial charge in [-0.05, 0) is 63.3 Å². The molecule has 0 bridgehead atoms. The van der Waals surface area contributed by atoms with Crippen LogP contribution in [0.1, 0.15) is 65.9 Å². The van der Waals surface area contributed by atoms with Gasteiger partial charge in [0.2, 0.25) is 21.8 Å². The molecule has 0 aromatic heterocycles. The van der Waals surface area contributed by atoms with Crippen molar-refractivity contribution in [3.63, 3.8) is 0 Å². The van der Waals surface area contributed by atoms with Crippen molar-refractivity contribution in [1.29, 1.82) is 0 Å². The summed E-state index contributed by atoms with van der Waals surface area (Å²) in [6.45, 7) is 9.68. The van der Waals surface area contributed by atoms with Crippen LogP contribution in [0, 0.1) is 5.92 Å². The number of nitrogens with zero attached hydrogens (tertiary/aromatic N) is 1. The van der Waals surface area contributed by atoms with E-state index in [0.717, 1.165) is 17.6 Å². The van der Waals surface area contributed by atoms with Gasteiger partial charge in [-0.1, -0.05) is 42.9 Å². The van der Waals surface area contributed by atoms with Gasteiger partial charge in [0, 0.05) is 33.0 Å². The number of aliphatic hydroxyl groups excluding tert-OH is 1. The molecule has 13 nitrogen and oxygen atoms in total. The second-order valence-corrected chi connectivity index (χ2v) is 15.4. The van der Waals surface area contributed by atoms with Crippen LogP contribution >= 0.6 is 0 Å². The number of benzene rings is 1. The molecular weight excluding hydrogens is 666 g/mol. The summed E-state index contributed by atoms with van der Waals surface area (Å²) >= 11 is 0. The summed E-state index contributed by atoms with van der Waals surface area (Å²) in [6.07, 6.45) is 7.88. The van der Waals surface area contributed by atoms with E-state index < -0.39 is 46.0 Å². The first-order valence-electron chi connectivity index (χ1n) is 17.0.